The second-order valence-electron chi connectivity index (χ2n) is 6.02. The minimum absolute atomic E-state index is 0.266. The van der Waals surface area contributed by atoms with Crippen LogP contribution < -0.4 is 0 Å². The first-order valence-corrected chi connectivity index (χ1v) is 8.18. The van der Waals surface area contributed by atoms with Gasteiger partial charge in [-0.3, -0.25) is 0 Å². The Labute approximate surface area is 139 Å². The first-order chi connectivity index (χ1) is 10.8. The molecule has 0 saturated heterocycles. The summed E-state index contributed by atoms with van der Waals surface area (Å²) in [4.78, 5) is 0. The fourth-order valence-corrected chi connectivity index (χ4v) is 4.50. The molecule has 0 fully saturated rings. The molecular formula is C20H12Cl2. The zero-order valence-electron chi connectivity index (χ0n) is 11.7. The van der Waals surface area contributed by atoms with Crippen molar-refractivity contribution in [3.05, 3.63) is 104 Å². The third-order valence-electron chi connectivity index (χ3n) is 4.98. The summed E-state index contributed by atoms with van der Waals surface area (Å²) < 4.78 is 0. The molecule has 3 aliphatic rings. The molecule has 0 spiro atoms. The minimum atomic E-state index is 0.266. The molecule has 2 heteroatoms. The average molecular weight is 323 g/mol. The van der Waals surface area contributed by atoms with Crippen molar-refractivity contribution < 1.29 is 0 Å². The summed E-state index contributed by atoms with van der Waals surface area (Å²) in [5.74, 6) is 0.532. The third kappa shape index (κ3) is 1.49. The Hall–Kier alpha value is -1.76. The van der Waals surface area contributed by atoms with Gasteiger partial charge in [0.25, 0.3) is 0 Å². The van der Waals surface area contributed by atoms with Crippen molar-refractivity contribution in [3.63, 3.8) is 0 Å². The molecule has 22 heavy (non-hydrogen) atoms. The normalized spacial score (nSPS) is 20.3. The van der Waals surface area contributed by atoms with E-state index in [1.807, 2.05) is 0 Å². The van der Waals surface area contributed by atoms with E-state index >= 15 is 0 Å². The van der Waals surface area contributed by atoms with Crippen LogP contribution in [0.4, 0.5) is 0 Å². The number of benzene rings is 3. The van der Waals surface area contributed by atoms with Gasteiger partial charge in [0.2, 0.25) is 0 Å². The van der Waals surface area contributed by atoms with Crippen LogP contribution in [0.1, 0.15) is 45.2 Å². The smallest absolute Gasteiger partial charge is 0.0595 e. The Kier molecular flexibility index (Phi) is 2.54. The molecule has 3 aliphatic carbocycles. The Balaban J connectivity index is 1.91. The number of hydrogen-bond acceptors (Lipinski definition) is 0. The first-order valence-electron chi connectivity index (χ1n) is 7.42. The zero-order chi connectivity index (χ0) is 14.8. The lowest BCUT2D eigenvalue weighted by atomic mass is 9.61. The lowest BCUT2D eigenvalue weighted by molar-refractivity contribution is 0.754. The van der Waals surface area contributed by atoms with Crippen molar-refractivity contribution in [2.75, 3.05) is 0 Å². The van der Waals surface area contributed by atoms with E-state index in [2.05, 4.69) is 60.7 Å². The van der Waals surface area contributed by atoms with Gasteiger partial charge in [0.1, 0.15) is 0 Å². The van der Waals surface area contributed by atoms with Crippen LogP contribution in [0.2, 0.25) is 10.0 Å². The molecule has 0 heterocycles. The lowest BCUT2D eigenvalue weighted by Gasteiger charge is -2.42. The maximum Gasteiger partial charge on any atom is 0.0595 e. The van der Waals surface area contributed by atoms with E-state index in [9.17, 15) is 0 Å². The van der Waals surface area contributed by atoms with Gasteiger partial charge in [-0.2, -0.15) is 0 Å². The predicted molar refractivity (Wildman–Crippen MR) is 91.2 cm³/mol. The van der Waals surface area contributed by atoms with E-state index in [1.165, 1.54) is 33.4 Å². The highest BCUT2D eigenvalue weighted by molar-refractivity contribution is 6.42. The van der Waals surface area contributed by atoms with Gasteiger partial charge in [0.15, 0.2) is 0 Å². The molecule has 3 aromatic carbocycles. The van der Waals surface area contributed by atoms with Gasteiger partial charge >= 0.3 is 0 Å². The molecule has 0 amide bonds. The third-order valence-corrected chi connectivity index (χ3v) is 5.71. The molecule has 0 aliphatic heterocycles. The van der Waals surface area contributed by atoms with Crippen molar-refractivity contribution in [1.82, 2.24) is 0 Å². The van der Waals surface area contributed by atoms with Gasteiger partial charge in [0.05, 0.1) is 10.0 Å². The van der Waals surface area contributed by atoms with Gasteiger partial charge in [0, 0.05) is 11.8 Å². The molecule has 6 rings (SSSR count). The molecule has 0 saturated carbocycles. The fraction of sp³-hybridized carbons (Fsp3) is 0.100. The number of rotatable bonds is 0. The van der Waals surface area contributed by atoms with Crippen molar-refractivity contribution >= 4 is 23.2 Å². The summed E-state index contributed by atoms with van der Waals surface area (Å²) >= 11 is 12.6. The summed E-state index contributed by atoms with van der Waals surface area (Å²) in [7, 11) is 0. The highest BCUT2D eigenvalue weighted by atomic mass is 35.5. The van der Waals surface area contributed by atoms with Crippen molar-refractivity contribution in [2.45, 2.75) is 11.8 Å². The highest BCUT2D eigenvalue weighted by Gasteiger charge is 2.41. The summed E-state index contributed by atoms with van der Waals surface area (Å²) in [6.45, 7) is 0. The topological polar surface area (TPSA) is 0 Å². The summed E-state index contributed by atoms with van der Waals surface area (Å²) in [6, 6.07) is 21.6. The van der Waals surface area contributed by atoms with E-state index in [1.54, 1.807) is 0 Å². The minimum Gasteiger partial charge on any atom is -0.0827 e. The van der Waals surface area contributed by atoms with E-state index in [0.29, 0.717) is 10.0 Å². The molecule has 0 atom stereocenters. The highest BCUT2D eigenvalue weighted by Crippen LogP contribution is 2.56. The molecule has 0 radical (unpaired) electrons. The van der Waals surface area contributed by atoms with Crippen LogP contribution in [0, 0.1) is 0 Å². The molecule has 3 aromatic rings. The fourth-order valence-electron chi connectivity index (χ4n) is 4.16. The van der Waals surface area contributed by atoms with E-state index < -0.39 is 0 Å². The van der Waals surface area contributed by atoms with Gasteiger partial charge in [-0.05, 0) is 45.5 Å². The molecule has 2 bridgehead atoms. The van der Waals surface area contributed by atoms with E-state index in [4.69, 9.17) is 23.2 Å². The number of hydrogen-bond donors (Lipinski definition) is 0. The van der Waals surface area contributed by atoms with Gasteiger partial charge in [-0.15, -0.1) is 0 Å². The maximum atomic E-state index is 6.30. The van der Waals surface area contributed by atoms with Crippen molar-refractivity contribution in [2.24, 2.45) is 0 Å². The maximum absolute atomic E-state index is 6.30. The molecule has 0 N–H and O–H groups in total. The number of halogens is 2. The summed E-state index contributed by atoms with van der Waals surface area (Å²) in [5.41, 5.74) is 8.21. The molecule has 0 nitrogen and oxygen atoms in total. The first kappa shape index (κ1) is 12.8. The molecular weight excluding hydrogens is 311 g/mol. The Bertz CT molecular complexity index is 804. The zero-order valence-corrected chi connectivity index (χ0v) is 13.2. The Morgan fingerprint density at radius 1 is 0.500 bits per heavy atom. The standard InChI is InChI=1S/C20H12Cl2/c21-17-9-15-16(10-18(17)22)20-12-6-2-1-5-11(12)19(15)13-7-3-4-8-14(13)20/h1-10,19-20H. The Morgan fingerprint density at radius 2 is 0.818 bits per heavy atom. The van der Waals surface area contributed by atoms with E-state index in [0.717, 1.165) is 0 Å². The Morgan fingerprint density at radius 3 is 1.14 bits per heavy atom. The van der Waals surface area contributed by atoms with Crippen LogP contribution in [0.3, 0.4) is 0 Å². The molecule has 106 valence electrons. The largest absolute Gasteiger partial charge is 0.0827 e. The predicted octanol–water partition coefficient (Wildman–Crippen LogP) is 5.98. The second kappa shape index (κ2) is 4.38. The van der Waals surface area contributed by atoms with Crippen LogP contribution in [0.15, 0.2) is 60.7 Å². The summed E-state index contributed by atoms with van der Waals surface area (Å²) in [5, 5.41) is 1.28. The van der Waals surface area contributed by atoms with Crippen LogP contribution >= 0.6 is 23.2 Å². The quantitative estimate of drug-likeness (QED) is 0.329. The second-order valence-corrected chi connectivity index (χ2v) is 6.83. The average Bonchev–Trinajstić information content (AvgIpc) is 2.55. The van der Waals surface area contributed by atoms with Crippen LogP contribution in [0.25, 0.3) is 0 Å². The van der Waals surface area contributed by atoms with Crippen molar-refractivity contribution in [3.8, 4) is 0 Å². The SMILES string of the molecule is Clc1cc2c(cc1Cl)C1c3ccccc3C2c2ccccc21. The molecule has 0 unspecified atom stereocenters. The van der Waals surface area contributed by atoms with Gasteiger partial charge in [-0.25, -0.2) is 0 Å². The van der Waals surface area contributed by atoms with Gasteiger partial charge < -0.3 is 0 Å². The van der Waals surface area contributed by atoms with Crippen LogP contribution in [0.5, 0.6) is 0 Å². The summed E-state index contributed by atoms with van der Waals surface area (Å²) in [6.07, 6.45) is 0. The molecule has 0 aromatic heterocycles. The van der Waals surface area contributed by atoms with Gasteiger partial charge in [-0.1, -0.05) is 71.7 Å². The van der Waals surface area contributed by atoms with Crippen LogP contribution in [-0.4, -0.2) is 0 Å². The lowest BCUT2D eigenvalue weighted by Crippen LogP contribution is -2.27. The van der Waals surface area contributed by atoms with E-state index in [-0.39, 0.29) is 11.8 Å². The van der Waals surface area contributed by atoms with Crippen molar-refractivity contribution in [1.29, 1.82) is 0 Å². The van der Waals surface area contributed by atoms with Crippen LogP contribution in [-0.2, 0) is 0 Å². The monoisotopic (exact) mass is 322 g/mol.